The lowest BCUT2D eigenvalue weighted by Crippen LogP contribution is -2.15. The van der Waals surface area contributed by atoms with Crippen LogP contribution in [0.25, 0.3) is 5.65 Å². The number of hydrogen-bond donors (Lipinski definition) is 1. The number of anilines is 1. The maximum absolute atomic E-state index is 13.0. The van der Waals surface area contributed by atoms with E-state index in [1.165, 1.54) is 30.9 Å². The average Bonchev–Trinajstić information content (AvgIpc) is 2.97. The van der Waals surface area contributed by atoms with E-state index in [2.05, 4.69) is 35.8 Å². The average molecular weight is 421 g/mol. The normalized spacial score (nSPS) is 12.2. The molecule has 3 rings (SSSR count). The Hall–Kier alpha value is -2.08. The molecule has 3 heterocycles. The van der Waals surface area contributed by atoms with Crippen LogP contribution in [-0.4, -0.2) is 32.8 Å². The van der Waals surface area contributed by atoms with Crippen LogP contribution in [0.1, 0.15) is 17.8 Å². The molecule has 0 radical (unpaired) electrons. The summed E-state index contributed by atoms with van der Waals surface area (Å²) in [6.07, 6.45) is 1.22. The summed E-state index contributed by atoms with van der Waals surface area (Å²) in [4.78, 5) is 3.86. The topological polar surface area (TPSA) is 94.2 Å². The number of hydrogen-bond acceptors (Lipinski definition) is 5. The largest absolute Gasteiger partial charge is 0.284 e. The Labute approximate surface area is 143 Å². The monoisotopic (exact) mass is 420 g/mol. The van der Waals surface area contributed by atoms with Crippen LogP contribution in [0.4, 0.5) is 14.5 Å². The Kier molecular flexibility index (Phi) is 4.03. The van der Waals surface area contributed by atoms with E-state index in [1.54, 1.807) is 6.20 Å². The third-order valence-electron chi connectivity index (χ3n) is 3.14. The molecule has 3 aromatic heterocycles. The van der Waals surface area contributed by atoms with E-state index in [4.69, 9.17) is 0 Å². The number of nitrogens with zero attached hydrogens (tertiary/aromatic N) is 5. The summed E-state index contributed by atoms with van der Waals surface area (Å²) in [5.41, 5.74) is -0.657. The van der Waals surface area contributed by atoms with Gasteiger partial charge in [-0.1, -0.05) is 0 Å². The highest BCUT2D eigenvalue weighted by Crippen LogP contribution is 2.29. The lowest BCUT2D eigenvalue weighted by atomic mass is 10.4. The van der Waals surface area contributed by atoms with Gasteiger partial charge < -0.3 is 0 Å². The van der Waals surface area contributed by atoms with Gasteiger partial charge in [-0.05, 0) is 22.9 Å². The summed E-state index contributed by atoms with van der Waals surface area (Å²) in [7, 11) is -2.76. The molecule has 0 aliphatic rings. The Morgan fingerprint density at radius 3 is 2.67 bits per heavy atom. The highest BCUT2D eigenvalue weighted by Gasteiger charge is 2.28. The summed E-state index contributed by atoms with van der Waals surface area (Å²) in [5, 5.41) is 7.65. The van der Waals surface area contributed by atoms with Gasteiger partial charge in [0.05, 0.1) is 15.9 Å². The van der Waals surface area contributed by atoms with Gasteiger partial charge in [0.25, 0.3) is 16.4 Å². The van der Waals surface area contributed by atoms with Crippen LogP contribution in [0.2, 0.25) is 0 Å². The molecule has 0 spiro atoms. The van der Waals surface area contributed by atoms with Crippen molar-refractivity contribution in [2.45, 2.75) is 18.2 Å². The highest BCUT2D eigenvalue weighted by atomic mass is 79.9. The van der Waals surface area contributed by atoms with E-state index in [0.29, 0.717) is 4.47 Å². The van der Waals surface area contributed by atoms with Gasteiger partial charge in [-0.2, -0.15) is 10.2 Å². The minimum Gasteiger partial charge on any atom is -0.276 e. The molecule has 0 unspecified atom stereocenters. The molecule has 0 saturated carbocycles. The number of sulfonamides is 1. The minimum atomic E-state index is -4.18. The van der Waals surface area contributed by atoms with E-state index in [9.17, 15) is 17.2 Å². The zero-order valence-electron chi connectivity index (χ0n) is 12.4. The second-order valence-corrected chi connectivity index (χ2v) is 7.50. The molecule has 8 nitrogen and oxygen atoms in total. The molecule has 1 N–H and O–H groups in total. The van der Waals surface area contributed by atoms with Gasteiger partial charge in [0.2, 0.25) is 0 Å². The van der Waals surface area contributed by atoms with Crippen molar-refractivity contribution >= 4 is 37.3 Å². The van der Waals surface area contributed by atoms with Crippen LogP contribution in [0.5, 0.6) is 0 Å². The van der Waals surface area contributed by atoms with Gasteiger partial charge >= 0.3 is 0 Å². The summed E-state index contributed by atoms with van der Waals surface area (Å²) in [6, 6.07) is 0. The van der Waals surface area contributed by atoms with Crippen molar-refractivity contribution < 1.29 is 17.2 Å². The van der Waals surface area contributed by atoms with Gasteiger partial charge in [0, 0.05) is 25.6 Å². The number of halogens is 3. The molecule has 0 atom stereocenters. The maximum atomic E-state index is 13.0. The first kappa shape index (κ1) is 16.8. The fraction of sp³-hybridized carbons (Fsp3) is 0.250. The lowest BCUT2D eigenvalue weighted by molar-refractivity contribution is 0.146. The number of rotatable bonds is 4. The zero-order valence-corrected chi connectivity index (χ0v) is 14.8. The van der Waals surface area contributed by atoms with E-state index in [0.717, 1.165) is 4.68 Å². The smallest absolute Gasteiger partial charge is 0.276 e. The van der Waals surface area contributed by atoms with Crippen molar-refractivity contribution in [1.82, 2.24) is 24.4 Å². The second kappa shape index (κ2) is 5.77. The summed E-state index contributed by atoms with van der Waals surface area (Å²) >= 11 is 3.22. The third-order valence-corrected chi connectivity index (χ3v) is 5.05. The van der Waals surface area contributed by atoms with Crippen molar-refractivity contribution in [3.8, 4) is 0 Å². The summed E-state index contributed by atoms with van der Waals surface area (Å²) < 4.78 is 56.5. The molecule has 0 aliphatic carbocycles. The number of aryl methyl sites for hydroxylation is 2. The molecule has 0 aliphatic heterocycles. The summed E-state index contributed by atoms with van der Waals surface area (Å²) in [5.74, 6) is 0. The molecule has 0 saturated heterocycles. The molecule has 0 aromatic carbocycles. The molecule has 12 heteroatoms. The van der Waals surface area contributed by atoms with Crippen molar-refractivity contribution in [3.63, 3.8) is 0 Å². The van der Waals surface area contributed by atoms with Crippen molar-refractivity contribution in [3.05, 3.63) is 34.5 Å². The van der Waals surface area contributed by atoms with Crippen LogP contribution < -0.4 is 4.72 Å². The molecule has 0 amide bonds. The Balaban J connectivity index is 2.11. The molecule has 0 bridgehead atoms. The Morgan fingerprint density at radius 2 is 2.00 bits per heavy atom. The predicted octanol–water partition coefficient (Wildman–Crippen LogP) is 2.27. The van der Waals surface area contributed by atoms with Crippen LogP contribution in [0, 0.1) is 6.92 Å². The number of fused-ring (bicyclic) bond motifs is 1. The molecular formula is C12H11BrF2N6O2S. The quantitative estimate of drug-likeness (QED) is 0.698. The molecule has 128 valence electrons. The first-order valence-corrected chi connectivity index (χ1v) is 8.81. The number of aromatic nitrogens is 5. The Bertz CT molecular complexity index is 1030. The van der Waals surface area contributed by atoms with E-state index in [-0.39, 0.29) is 21.9 Å². The van der Waals surface area contributed by atoms with E-state index < -0.39 is 22.1 Å². The van der Waals surface area contributed by atoms with Crippen molar-refractivity contribution in [2.75, 3.05) is 4.72 Å². The van der Waals surface area contributed by atoms with Crippen LogP contribution in [-0.2, 0) is 17.1 Å². The highest BCUT2D eigenvalue weighted by molar-refractivity contribution is 9.10. The minimum absolute atomic E-state index is 0.0886. The van der Waals surface area contributed by atoms with E-state index in [1.807, 2.05) is 0 Å². The van der Waals surface area contributed by atoms with Gasteiger partial charge in [-0.3, -0.25) is 9.40 Å². The fourth-order valence-corrected chi connectivity index (χ4v) is 3.92. The zero-order chi connectivity index (χ0) is 17.6. The first-order chi connectivity index (χ1) is 11.2. The molecule has 24 heavy (non-hydrogen) atoms. The second-order valence-electron chi connectivity index (χ2n) is 4.96. The van der Waals surface area contributed by atoms with Gasteiger partial charge in [0.1, 0.15) is 0 Å². The van der Waals surface area contributed by atoms with Crippen molar-refractivity contribution in [1.29, 1.82) is 0 Å². The van der Waals surface area contributed by atoms with E-state index >= 15 is 0 Å². The number of nitrogens with one attached hydrogen (secondary N) is 1. The predicted molar refractivity (Wildman–Crippen MR) is 84.4 cm³/mol. The lowest BCUT2D eigenvalue weighted by Gasteiger charge is -2.07. The summed E-state index contributed by atoms with van der Waals surface area (Å²) in [6.45, 7) is 1.49. The van der Waals surface area contributed by atoms with Gasteiger partial charge in [-0.25, -0.2) is 26.7 Å². The fourth-order valence-electron chi connectivity index (χ4n) is 2.26. The Morgan fingerprint density at radius 1 is 1.29 bits per heavy atom. The van der Waals surface area contributed by atoms with Crippen LogP contribution in [0.3, 0.4) is 0 Å². The van der Waals surface area contributed by atoms with Crippen LogP contribution >= 0.6 is 15.9 Å². The standard InChI is InChI=1S/C12H11BrF2N6O2S/c1-6-10(12-16-3-7(13)4-21(12)17-6)24(22,23)19-8-5-20(2)18-9(8)11(14)15/h3-5,11,19H,1-2H3. The SMILES string of the molecule is Cc1nn2cc(Br)cnc2c1S(=O)(=O)Nc1cn(C)nc1C(F)F. The van der Waals surface area contributed by atoms with Crippen LogP contribution in [0.15, 0.2) is 28.0 Å². The molecule has 0 fully saturated rings. The van der Waals surface area contributed by atoms with Crippen molar-refractivity contribution in [2.24, 2.45) is 7.05 Å². The number of alkyl halides is 2. The molecule has 3 aromatic rings. The first-order valence-electron chi connectivity index (χ1n) is 6.54. The maximum Gasteiger partial charge on any atom is 0.284 e. The van der Waals surface area contributed by atoms with Gasteiger partial charge in [-0.15, -0.1) is 0 Å². The van der Waals surface area contributed by atoms with Gasteiger partial charge in [0.15, 0.2) is 16.2 Å². The molecular weight excluding hydrogens is 410 g/mol. The third kappa shape index (κ3) is 2.86.